The topological polar surface area (TPSA) is 71.1 Å². The van der Waals surface area contributed by atoms with Crippen LogP contribution >= 0.6 is 0 Å². The second-order valence-corrected chi connectivity index (χ2v) is 3.93. The third-order valence-electron chi connectivity index (χ3n) is 2.54. The summed E-state index contributed by atoms with van der Waals surface area (Å²) in [6, 6.07) is 10.3. The van der Waals surface area contributed by atoms with Crippen LogP contribution in [0.4, 0.5) is 11.4 Å². The third-order valence-corrected chi connectivity index (χ3v) is 2.54. The lowest BCUT2D eigenvalue weighted by Crippen LogP contribution is -2.15. The Morgan fingerprint density at radius 2 is 1.75 bits per heavy atom. The van der Waals surface area contributed by atoms with E-state index in [2.05, 4.69) is 22.2 Å². The summed E-state index contributed by atoms with van der Waals surface area (Å²) in [5, 5.41) is 5.36. The van der Waals surface area contributed by atoms with Crippen molar-refractivity contribution < 1.29 is 9.59 Å². The van der Waals surface area contributed by atoms with Crippen molar-refractivity contribution in [3.8, 4) is 0 Å². The molecule has 0 unspecified atom stereocenters. The number of nitrogens with one attached hydrogen (secondary N) is 2. The molecule has 0 fully saturated rings. The average molecular weight is 267 g/mol. The van der Waals surface area contributed by atoms with E-state index in [-0.39, 0.29) is 11.8 Å². The lowest BCUT2D eigenvalue weighted by molar-refractivity contribution is -0.111. The number of pyridine rings is 1. The molecular formula is C15H13N3O2. The molecule has 2 aromatic rings. The first-order valence-electron chi connectivity index (χ1n) is 5.94. The van der Waals surface area contributed by atoms with Gasteiger partial charge in [0.05, 0.1) is 16.9 Å². The minimum absolute atomic E-state index is 0.293. The fourth-order valence-electron chi connectivity index (χ4n) is 1.58. The van der Waals surface area contributed by atoms with E-state index >= 15 is 0 Å². The fraction of sp³-hybridized carbons (Fsp3) is 0. The van der Waals surface area contributed by atoms with E-state index in [0.29, 0.717) is 16.9 Å². The molecule has 2 amide bonds. The summed E-state index contributed by atoms with van der Waals surface area (Å²) >= 11 is 0. The predicted molar refractivity (Wildman–Crippen MR) is 77.5 cm³/mol. The van der Waals surface area contributed by atoms with Crippen LogP contribution in [0.2, 0.25) is 0 Å². The van der Waals surface area contributed by atoms with Crippen molar-refractivity contribution in [2.45, 2.75) is 0 Å². The van der Waals surface area contributed by atoms with Crippen molar-refractivity contribution in [3.05, 3.63) is 67.0 Å². The summed E-state index contributed by atoms with van der Waals surface area (Å²) in [7, 11) is 0. The Bertz CT molecular complexity index is 639. The normalized spacial score (nSPS) is 9.60. The van der Waals surface area contributed by atoms with Gasteiger partial charge in [-0.15, -0.1) is 0 Å². The molecule has 5 heteroatoms. The van der Waals surface area contributed by atoms with E-state index < -0.39 is 0 Å². The minimum atomic E-state index is -0.340. The van der Waals surface area contributed by atoms with Crippen LogP contribution in [-0.2, 0) is 4.79 Å². The lowest BCUT2D eigenvalue weighted by Gasteiger charge is -2.11. The van der Waals surface area contributed by atoms with Gasteiger partial charge in [-0.05, 0) is 30.3 Å². The molecule has 1 heterocycles. The summed E-state index contributed by atoms with van der Waals surface area (Å²) in [6.45, 7) is 3.39. The Kier molecular flexibility index (Phi) is 4.24. The zero-order valence-corrected chi connectivity index (χ0v) is 10.7. The van der Waals surface area contributed by atoms with Gasteiger partial charge in [-0.1, -0.05) is 18.7 Å². The maximum absolute atomic E-state index is 12.0. The predicted octanol–water partition coefficient (Wildman–Crippen LogP) is 2.46. The van der Waals surface area contributed by atoms with Gasteiger partial charge in [0.15, 0.2) is 0 Å². The van der Waals surface area contributed by atoms with Gasteiger partial charge in [0.2, 0.25) is 5.91 Å². The van der Waals surface area contributed by atoms with Gasteiger partial charge in [0, 0.05) is 12.4 Å². The molecule has 0 saturated heterocycles. The van der Waals surface area contributed by atoms with Crippen LogP contribution in [0.3, 0.4) is 0 Å². The van der Waals surface area contributed by atoms with Crippen LogP contribution in [0.5, 0.6) is 0 Å². The van der Waals surface area contributed by atoms with Crippen molar-refractivity contribution >= 4 is 23.2 Å². The fourth-order valence-corrected chi connectivity index (χ4v) is 1.58. The highest BCUT2D eigenvalue weighted by molar-refractivity contribution is 6.08. The SMILES string of the molecule is C=CC(=O)Nc1ccccc1NC(=O)c1cccnc1. The Morgan fingerprint density at radius 3 is 2.35 bits per heavy atom. The number of benzene rings is 1. The average Bonchev–Trinajstić information content (AvgIpc) is 2.50. The number of hydrogen-bond acceptors (Lipinski definition) is 3. The molecule has 1 aromatic carbocycles. The summed E-state index contributed by atoms with van der Waals surface area (Å²) in [5.41, 5.74) is 1.46. The van der Waals surface area contributed by atoms with Crippen molar-refractivity contribution in [2.24, 2.45) is 0 Å². The third kappa shape index (κ3) is 3.29. The molecule has 100 valence electrons. The van der Waals surface area contributed by atoms with Crippen LogP contribution in [0.1, 0.15) is 10.4 Å². The van der Waals surface area contributed by atoms with E-state index in [1.807, 2.05) is 0 Å². The molecule has 0 spiro atoms. The van der Waals surface area contributed by atoms with Gasteiger partial charge in [-0.25, -0.2) is 0 Å². The minimum Gasteiger partial charge on any atom is -0.321 e. The molecule has 0 radical (unpaired) electrons. The van der Waals surface area contributed by atoms with Gasteiger partial charge < -0.3 is 10.6 Å². The first kappa shape index (κ1) is 13.5. The maximum Gasteiger partial charge on any atom is 0.257 e. The van der Waals surface area contributed by atoms with Crippen molar-refractivity contribution in [1.82, 2.24) is 4.98 Å². The molecule has 0 aliphatic heterocycles. The second-order valence-electron chi connectivity index (χ2n) is 3.93. The number of rotatable bonds is 4. The number of aromatic nitrogens is 1. The monoisotopic (exact) mass is 267 g/mol. The molecule has 0 aliphatic rings. The van der Waals surface area contributed by atoms with E-state index in [1.54, 1.807) is 42.6 Å². The molecule has 1 aromatic heterocycles. The molecule has 2 rings (SSSR count). The van der Waals surface area contributed by atoms with Gasteiger partial charge in [-0.3, -0.25) is 14.6 Å². The molecule has 2 N–H and O–H groups in total. The molecule has 5 nitrogen and oxygen atoms in total. The van der Waals surface area contributed by atoms with Crippen LogP contribution in [0.25, 0.3) is 0 Å². The van der Waals surface area contributed by atoms with Crippen LogP contribution in [0.15, 0.2) is 61.4 Å². The lowest BCUT2D eigenvalue weighted by atomic mass is 10.2. The number of para-hydroxylation sites is 2. The summed E-state index contributed by atoms with van der Waals surface area (Å²) < 4.78 is 0. The number of nitrogens with zero attached hydrogens (tertiary/aromatic N) is 1. The highest BCUT2D eigenvalue weighted by atomic mass is 16.2. The van der Waals surface area contributed by atoms with Gasteiger partial charge >= 0.3 is 0 Å². The number of carbonyl (C=O) groups excluding carboxylic acids is 2. The quantitative estimate of drug-likeness (QED) is 0.836. The zero-order chi connectivity index (χ0) is 14.4. The zero-order valence-electron chi connectivity index (χ0n) is 10.7. The largest absolute Gasteiger partial charge is 0.321 e. The van der Waals surface area contributed by atoms with Crippen LogP contribution in [-0.4, -0.2) is 16.8 Å². The highest BCUT2D eigenvalue weighted by Crippen LogP contribution is 2.21. The highest BCUT2D eigenvalue weighted by Gasteiger charge is 2.09. The van der Waals surface area contributed by atoms with Crippen molar-refractivity contribution in [1.29, 1.82) is 0 Å². The first-order valence-corrected chi connectivity index (χ1v) is 5.94. The Balaban J connectivity index is 2.19. The Labute approximate surface area is 116 Å². The van der Waals surface area contributed by atoms with E-state index in [9.17, 15) is 9.59 Å². The summed E-state index contributed by atoms with van der Waals surface area (Å²) in [6.07, 6.45) is 4.23. The number of hydrogen-bond donors (Lipinski definition) is 2. The molecule has 0 bridgehead atoms. The smallest absolute Gasteiger partial charge is 0.257 e. The maximum atomic E-state index is 12.0. The van der Waals surface area contributed by atoms with Crippen LogP contribution in [0, 0.1) is 0 Å². The number of anilines is 2. The molecule has 0 aliphatic carbocycles. The summed E-state index contributed by atoms with van der Waals surface area (Å²) in [4.78, 5) is 27.3. The van der Waals surface area contributed by atoms with E-state index in [0.717, 1.165) is 0 Å². The molecule has 0 saturated carbocycles. The van der Waals surface area contributed by atoms with Crippen molar-refractivity contribution in [3.63, 3.8) is 0 Å². The van der Waals surface area contributed by atoms with E-state index in [4.69, 9.17) is 0 Å². The first-order chi connectivity index (χ1) is 9.70. The van der Waals surface area contributed by atoms with Crippen LogP contribution < -0.4 is 10.6 Å². The van der Waals surface area contributed by atoms with Gasteiger partial charge in [-0.2, -0.15) is 0 Å². The number of amides is 2. The van der Waals surface area contributed by atoms with Crippen molar-refractivity contribution in [2.75, 3.05) is 10.6 Å². The second kappa shape index (κ2) is 6.29. The van der Waals surface area contributed by atoms with Gasteiger partial charge in [0.1, 0.15) is 0 Å². The number of carbonyl (C=O) groups is 2. The molecule has 0 atom stereocenters. The Morgan fingerprint density at radius 1 is 1.05 bits per heavy atom. The van der Waals surface area contributed by atoms with E-state index in [1.165, 1.54) is 12.3 Å². The molecular weight excluding hydrogens is 254 g/mol. The summed E-state index contributed by atoms with van der Waals surface area (Å²) in [5.74, 6) is -0.633. The van der Waals surface area contributed by atoms with Gasteiger partial charge in [0.25, 0.3) is 5.91 Å². The Hall–Kier alpha value is -2.95. The molecule has 20 heavy (non-hydrogen) atoms. The standard InChI is InChI=1S/C15H13N3O2/c1-2-14(19)17-12-7-3-4-8-13(12)18-15(20)11-6-5-9-16-10-11/h2-10H,1H2,(H,17,19)(H,18,20).